The van der Waals surface area contributed by atoms with E-state index in [9.17, 15) is 0 Å². The summed E-state index contributed by atoms with van der Waals surface area (Å²) in [6, 6.07) is 11.9. The molecule has 0 unspecified atom stereocenters. The van der Waals surface area contributed by atoms with E-state index in [1.54, 1.807) is 6.33 Å². The summed E-state index contributed by atoms with van der Waals surface area (Å²) in [5, 5.41) is 0. The predicted octanol–water partition coefficient (Wildman–Crippen LogP) is 4.08. The number of nitrogens with zero attached hydrogens (tertiary/aromatic N) is 2. The summed E-state index contributed by atoms with van der Waals surface area (Å²) >= 11 is 0. The standard InChI is InChI=1S/C21H29N3/c1-2-5-17(6-3-1)13-18-8-9-21-19(14-18)10-12-24(21)11-4-7-20-15-22-16-23-20/h1-3,5-6,15-16,18-19,21H,4,7-14H2,(H,22,23)/t18-,19-,21+/m0/s1. The number of hydrogen-bond donors (Lipinski definition) is 1. The number of rotatable bonds is 6. The first-order valence-electron chi connectivity index (χ1n) is 9.64. The van der Waals surface area contributed by atoms with E-state index in [4.69, 9.17) is 0 Å². The number of nitrogens with one attached hydrogen (secondary N) is 1. The van der Waals surface area contributed by atoms with E-state index < -0.39 is 0 Å². The zero-order valence-electron chi connectivity index (χ0n) is 14.5. The van der Waals surface area contributed by atoms with Crippen LogP contribution in [-0.2, 0) is 12.8 Å². The Balaban J connectivity index is 1.25. The molecule has 1 aliphatic heterocycles. The second kappa shape index (κ2) is 7.52. The molecule has 2 aromatic rings. The maximum absolute atomic E-state index is 4.11. The molecule has 1 N–H and O–H groups in total. The summed E-state index contributed by atoms with van der Waals surface area (Å²) < 4.78 is 0. The van der Waals surface area contributed by atoms with Gasteiger partial charge in [-0.1, -0.05) is 30.3 Å². The van der Waals surface area contributed by atoms with Gasteiger partial charge >= 0.3 is 0 Å². The van der Waals surface area contributed by atoms with Crippen molar-refractivity contribution in [3.05, 3.63) is 54.1 Å². The maximum atomic E-state index is 4.11. The molecular formula is C21H29N3. The molecule has 0 amide bonds. The van der Waals surface area contributed by atoms with Crippen LogP contribution in [0.2, 0.25) is 0 Å². The van der Waals surface area contributed by atoms with Crippen LogP contribution in [0.25, 0.3) is 0 Å². The van der Waals surface area contributed by atoms with Crippen molar-refractivity contribution >= 4 is 0 Å². The normalized spacial score (nSPS) is 27.2. The van der Waals surface area contributed by atoms with Crippen LogP contribution in [-0.4, -0.2) is 34.0 Å². The van der Waals surface area contributed by atoms with Crippen molar-refractivity contribution in [3.63, 3.8) is 0 Å². The van der Waals surface area contributed by atoms with Gasteiger partial charge in [-0.2, -0.15) is 0 Å². The van der Waals surface area contributed by atoms with Crippen LogP contribution >= 0.6 is 0 Å². The topological polar surface area (TPSA) is 31.9 Å². The highest BCUT2D eigenvalue weighted by Gasteiger charge is 2.38. The lowest BCUT2D eigenvalue weighted by molar-refractivity contribution is 0.150. The van der Waals surface area contributed by atoms with Crippen LogP contribution in [0.5, 0.6) is 0 Å². The third-order valence-electron chi connectivity index (χ3n) is 6.12. The summed E-state index contributed by atoms with van der Waals surface area (Å²) in [7, 11) is 0. The van der Waals surface area contributed by atoms with Crippen LogP contribution < -0.4 is 0 Å². The van der Waals surface area contributed by atoms with Gasteiger partial charge in [0.1, 0.15) is 0 Å². The Morgan fingerprint density at radius 2 is 2.04 bits per heavy atom. The van der Waals surface area contributed by atoms with E-state index in [-0.39, 0.29) is 0 Å². The van der Waals surface area contributed by atoms with Gasteiger partial charge in [0.05, 0.1) is 6.33 Å². The van der Waals surface area contributed by atoms with Crippen molar-refractivity contribution < 1.29 is 0 Å². The summed E-state index contributed by atoms with van der Waals surface area (Å²) in [5.41, 5.74) is 2.80. The number of aromatic amines is 1. The van der Waals surface area contributed by atoms with Gasteiger partial charge in [0, 0.05) is 17.9 Å². The van der Waals surface area contributed by atoms with Crippen molar-refractivity contribution in [2.24, 2.45) is 11.8 Å². The van der Waals surface area contributed by atoms with Gasteiger partial charge in [-0.3, -0.25) is 0 Å². The summed E-state index contributed by atoms with van der Waals surface area (Å²) in [6.45, 7) is 2.57. The van der Waals surface area contributed by atoms with Crippen LogP contribution in [0.4, 0.5) is 0 Å². The zero-order valence-corrected chi connectivity index (χ0v) is 14.5. The van der Waals surface area contributed by atoms with Gasteiger partial charge in [-0.15, -0.1) is 0 Å². The molecule has 1 aliphatic carbocycles. The molecule has 1 aromatic heterocycles. The average Bonchev–Trinajstić information content (AvgIpc) is 3.26. The van der Waals surface area contributed by atoms with Crippen LogP contribution in [0.3, 0.4) is 0 Å². The van der Waals surface area contributed by atoms with E-state index in [2.05, 4.69) is 45.2 Å². The van der Waals surface area contributed by atoms with Gasteiger partial charge < -0.3 is 9.88 Å². The highest BCUT2D eigenvalue weighted by Crippen LogP contribution is 2.40. The Morgan fingerprint density at radius 3 is 2.88 bits per heavy atom. The molecule has 0 spiro atoms. The number of aryl methyl sites for hydroxylation is 1. The number of fused-ring (bicyclic) bond motifs is 1. The SMILES string of the molecule is c1ccc(C[C@@H]2CC[C@@H]3[C@@H](CCN3CCCc3cnc[nH]3)C2)cc1. The van der Waals surface area contributed by atoms with Gasteiger partial charge in [0.2, 0.25) is 0 Å². The Kier molecular flexibility index (Phi) is 4.98. The molecule has 2 heterocycles. The molecule has 0 radical (unpaired) electrons. The minimum Gasteiger partial charge on any atom is -0.348 e. The van der Waals surface area contributed by atoms with E-state index in [1.807, 2.05) is 6.20 Å². The highest BCUT2D eigenvalue weighted by atomic mass is 15.2. The largest absolute Gasteiger partial charge is 0.348 e. The third kappa shape index (κ3) is 3.72. The molecule has 4 rings (SSSR count). The van der Waals surface area contributed by atoms with Gasteiger partial charge in [-0.25, -0.2) is 4.98 Å². The van der Waals surface area contributed by atoms with Gasteiger partial charge in [0.15, 0.2) is 0 Å². The van der Waals surface area contributed by atoms with Crippen molar-refractivity contribution in [1.29, 1.82) is 0 Å². The molecule has 0 bridgehead atoms. The lowest BCUT2D eigenvalue weighted by atomic mass is 9.76. The molecule has 3 atom stereocenters. The Morgan fingerprint density at radius 1 is 1.12 bits per heavy atom. The van der Waals surface area contributed by atoms with Crippen molar-refractivity contribution in [2.75, 3.05) is 13.1 Å². The first-order valence-corrected chi connectivity index (χ1v) is 9.64. The number of likely N-dealkylation sites (tertiary alicyclic amines) is 1. The molecule has 3 heteroatoms. The van der Waals surface area contributed by atoms with E-state index >= 15 is 0 Å². The van der Waals surface area contributed by atoms with Crippen molar-refractivity contribution in [2.45, 2.75) is 51.0 Å². The molecule has 24 heavy (non-hydrogen) atoms. The van der Waals surface area contributed by atoms with E-state index in [1.165, 1.54) is 62.9 Å². The number of benzene rings is 1. The van der Waals surface area contributed by atoms with Crippen molar-refractivity contribution in [3.8, 4) is 0 Å². The number of H-pyrrole nitrogens is 1. The lowest BCUT2D eigenvalue weighted by Crippen LogP contribution is -2.37. The zero-order chi connectivity index (χ0) is 16.2. The van der Waals surface area contributed by atoms with Crippen LogP contribution in [0.1, 0.15) is 43.4 Å². The van der Waals surface area contributed by atoms with Crippen molar-refractivity contribution in [1.82, 2.24) is 14.9 Å². The Bertz CT molecular complexity index is 607. The third-order valence-corrected chi connectivity index (χ3v) is 6.12. The quantitative estimate of drug-likeness (QED) is 0.869. The predicted molar refractivity (Wildman–Crippen MR) is 97.9 cm³/mol. The highest BCUT2D eigenvalue weighted by molar-refractivity contribution is 5.15. The summed E-state index contributed by atoms with van der Waals surface area (Å²) in [5.74, 6) is 1.85. The fourth-order valence-electron chi connectivity index (χ4n) is 4.94. The monoisotopic (exact) mass is 323 g/mol. The average molecular weight is 323 g/mol. The number of imidazole rings is 1. The maximum Gasteiger partial charge on any atom is 0.0921 e. The molecular weight excluding hydrogens is 294 g/mol. The molecule has 2 fully saturated rings. The van der Waals surface area contributed by atoms with Crippen LogP contribution in [0.15, 0.2) is 42.9 Å². The molecule has 1 saturated heterocycles. The molecule has 1 saturated carbocycles. The molecule has 2 aliphatic rings. The fraction of sp³-hybridized carbons (Fsp3) is 0.571. The summed E-state index contributed by atoms with van der Waals surface area (Å²) in [4.78, 5) is 10.1. The van der Waals surface area contributed by atoms with Crippen LogP contribution in [0, 0.1) is 11.8 Å². The number of aromatic nitrogens is 2. The van der Waals surface area contributed by atoms with E-state index in [0.29, 0.717) is 0 Å². The first kappa shape index (κ1) is 15.9. The lowest BCUT2D eigenvalue weighted by Gasteiger charge is -2.36. The summed E-state index contributed by atoms with van der Waals surface area (Å²) in [6.07, 6.45) is 13.1. The molecule has 128 valence electrons. The molecule has 3 nitrogen and oxygen atoms in total. The first-order chi connectivity index (χ1) is 11.9. The van der Waals surface area contributed by atoms with Gasteiger partial charge in [-0.05, 0) is 75.4 Å². The smallest absolute Gasteiger partial charge is 0.0921 e. The second-order valence-corrected chi connectivity index (χ2v) is 7.70. The number of hydrogen-bond acceptors (Lipinski definition) is 2. The Hall–Kier alpha value is -1.61. The Labute approximate surface area is 145 Å². The van der Waals surface area contributed by atoms with Gasteiger partial charge in [0.25, 0.3) is 0 Å². The minimum absolute atomic E-state index is 0.860. The molecule has 1 aromatic carbocycles. The fourth-order valence-corrected chi connectivity index (χ4v) is 4.94. The second-order valence-electron chi connectivity index (χ2n) is 7.70. The van der Waals surface area contributed by atoms with E-state index in [0.717, 1.165) is 24.3 Å². The minimum atomic E-state index is 0.860.